The van der Waals surface area contributed by atoms with E-state index < -0.39 is 0 Å². The van der Waals surface area contributed by atoms with Crippen molar-refractivity contribution < 1.29 is 9.72 Å². The number of nitro benzene ring substituents is 1. The summed E-state index contributed by atoms with van der Waals surface area (Å²) in [5.74, 6) is 0.569. The van der Waals surface area contributed by atoms with Crippen molar-refractivity contribution in [1.82, 2.24) is 15.1 Å². The number of benzene rings is 1. The molecule has 29 heavy (non-hydrogen) atoms. The first-order valence-corrected chi connectivity index (χ1v) is 10.7. The van der Waals surface area contributed by atoms with Gasteiger partial charge in [-0.2, -0.15) is 0 Å². The van der Waals surface area contributed by atoms with E-state index in [4.69, 9.17) is 0 Å². The van der Waals surface area contributed by atoms with E-state index >= 15 is 0 Å². The number of hydrogen-bond donors (Lipinski definition) is 2. The van der Waals surface area contributed by atoms with Crippen LogP contribution in [0.1, 0.15) is 56.6 Å². The summed E-state index contributed by atoms with van der Waals surface area (Å²) in [5.41, 5.74) is 3.42. The fourth-order valence-electron chi connectivity index (χ4n) is 5.67. The number of fused-ring (bicyclic) bond motifs is 2. The number of piperidine rings is 1. The summed E-state index contributed by atoms with van der Waals surface area (Å²) in [6, 6.07) is 4.09. The highest BCUT2D eigenvalue weighted by Crippen LogP contribution is 2.53. The highest BCUT2D eigenvalue weighted by atomic mass is 16.6. The molecule has 2 heterocycles. The molecule has 0 spiro atoms. The van der Waals surface area contributed by atoms with Crippen LogP contribution in [0, 0.1) is 10.1 Å². The summed E-state index contributed by atoms with van der Waals surface area (Å²) in [6.45, 7) is 8.29. The fraction of sp³-hybridized carbons (Fsp3) is 0.667. The molecule has 1 fully saturated rings. The van der Waals surface area contributed by atoms with Crippen LogP contribution in [0.3, 0.4) is 0 Å². The number of rotatable bonds is 4. The third kappa shape index (κ3) is 3.33. The summed E-state index contributed by atoms with van der Waals surface area (Å²) in [7, 11) is 2.11. The topological polar surface area (TPSA) is 90.8 Å². The first-order chi connectivity index (χ1) is 13.8. The number of amides is 2. The number of likely N-dealkylation sites (N-methyl/N-ethyl adjacent to an activating group) is 1. The molecule has 0 bridgehead atoms. The van der Waals surface area contributed by atoms with Crippen LogP contribution in [-0.4, -0.2) is 65.6 Å². The maximum atomic E-state index is 12.6. The molecule has 2 N–H and O–H groups in total. The van der Waals surface area contributed by atoms with Gasteiger partial charge in [0.25, 0.3) is 5.69 Å². The van der Waals surface area contributed by atoms with Gasteiger partial charge in [-0.25, -0.2) is 4.79 Å². The maximum Gasteiger partial charge on any atom is 0.317 e. The van der Waals surface area contributed by atoms with Gasteiger partial charge in [0.05, 0.1) is 4.92 Å². The number of nitrogens with zero attached hydrogens (tertiary/aromatic N) is 3. The molecule has 2 amide bonds. The summed E-state index contributed by atoms with van der Waals surface area (Å²) < 4.78 is 0. The van der Waals surface area contributed by atoms with Crippen LogP contribution in [0.15, 0.2) is 12.1 Å². The number of anilines is 1. The Kier molecular flexibility index (Phi) is 5.14. The van der Waals surface area contributed by atoms with Gasteiger partial charge in [0.15, 0.2) is 0 Å². The van der Waals surface area contributed by atoms with E-state index in [1.165, 1.54) is 5.56 Å². The molecule has 0 saturated carbocycles. The molecule has 1 saturated heterocycles. The van der Waals surface area contributed by atoms with Gasteiger partial charge in [-0.3, -0.25) is 10.1 Å². The van der Waals surface area contributed by atoms with E-state index in [0.29, 0.717) is 25.0 Å². The smallest absolute Gasteiger partial charge is 0.317 e. The number of carbonyl (C=O) groups excluding carboxylic acids is 1. The zero-order valence-corrected chi connectivity index (χ0v) is 17.6. The van der Waals surface area contributed by atoms with Crippen molar-refractivity contribution in [3.05, 3.63) is 33.4 Å². The van der Waals surface area contributed by atoms with Crippen molar-refractivity contribution in [3.63, 3.8) is 0 Å². The van der Waals surface area contributed by atoms with E-state index in [-0.39, 0.29) is 34.6 Å². The van der Waals surface area contributed by atoms with Crippen LogP contribution in [0.25, 0.3) is 0 Å². The first-order valence-electron chi connectivity index (χ1n) is 10.7. The quantitative estimate of drug-likeness (QED) is 0.598. The monoisotopic (exact) mass is 401 g/mol. The van der Waals surface area contributed by atoms with Crippen molar-refractivity contribution in [2.75, 3.05) is 32.0 Å². The lowest BCUT2D eigenvalue weighted by Crippen LogP contribution is -2.56. The van der Waals surface area contributed by atoms with Gasteiger partial charge in [0, 0.05) is 67.4 Å². The molecule has 5 atom stereocenters. The Hall–Kier alpha value is -2.35. The summed E-state index contributed by atoms with van der Waals surface area (Å²) >= 11 is 0. The molecule has 1 aliphatic carbocycles. The largest absolute Gasteiger partial charge is 0.382 e. The van der Waals surface area contributed by atoms with Crippen molar-refractivity contribution in [3.8, 4) is 0 Å². The third-order valence-electron chi connectivity index (χ3n) is 7.12. The Morgan fingerprint density at radius 3 is 2.69 bits per heavy atom. The molecule has 158 valence electrons. The minimum atomic E-state index is -0.299. The SMILES string of the molecule is CCN(CC)C(=O)N[C@H]1C[C@@H]2c3cc([N+](=O)[O-])cc4c3[C@H](C[C@H]2N(C)C1)C(C)N4. The minimum Gasteiger partial charge on any atom is -0.382 e. The number of likely N-dealkylation sites (tertiary alicyclic amines) is 1. The first kappa shape index (κ1) is 19.9. The molecule has 1 aromatic rings. The van der Waals surface area contributed by atoms with Crippen molar-refractivity contribution in [1.29, 1.82) is 0 Å². The summed E-state index contributed by atoms with van der Waals surface area (Å²) in [5, 5.41) is 18.2. The summed E-state index contributed by atoms with van der Waals surface area (Å²) in [6.07, 6.45) is 1.86. The molecule has 3 aliphatic rings. The molecule has 0 aromatic heterocycles. The Balaban J connectivity index is 1.66. The van der Waals surface area contributed by atoms with Gasteiger partial charge in [-0.1, -0.05) is 0 Å². The molecule has 1 aromatic carbocycles. The molecule has 8 nitrogen and oxygen atoms in total. The molecule has 1 unspecified atom stereocenters. The maximum absolute atomic E-state index is 12.6. The zero-order valence-electron chi connectivity index (χ0n) is 17.6. The lowest BCUT2D eigenvalue weighted by atomic mass is 9.68. The average molecular weight is 402 g/mol. The van der Waals surface area contributed by atoms with Gasteiger partial charge < -0.3 is 20.4 Å². The van der Waals surface area contributed by atoms with Gasteiger partial charge in [0.2, 0.25) is 0 Å². The standard InChI is InChI=1S/C21H31N5O3/c1-5-25(6-2)21(27)23-13-7-16-17-8-14(26(28)29)9-18-20(17)15(12(3)22-18)10-19(16)24(4)11-13/h8-9,12-13,15-16,19,22H,5-7,10-11H2,1-4H3,(H,23,27)/t12?,13-,15+,16+,19+/m0/s1. The Morgan fingerprint density at radius 2 is 2.03 bits per heavy atom. The van der Waals surface area contributed by atoms with E-state index in [9.17, 15) is 14.9 Å². The third-order valence-corrected chi connectivity index (χ3v) is 7.12. The summed E-state index contributed by atoms with van der Waals surface area (Å²) in [4.78, 5) is 27.9. The van der Waals surface area contributed by atoms with E-state index in [0.717, 1.165) is 30.6 Å². The van der Waals surface area contributed by atoms with Crippen LogP contribution in [-0.2, 0) is 0 Å². The van der Waals surface area contributed by atoms with Crippen LogP contribution >= 0.6 is 0 Å². The van der Waals surface area contributed by atoms with Gasteiger partial charge in [0.1, 0.15) is 0 Å². The van der Waals surface area contributed by atoms with Crippen LogP contribution in [0.4, 0.5) is 16.2 Å². The fourth-order valence-corrected chi connectivity index (χ4v) is 5.67. The van der Waals surface area contributed by atoms with E-state index in [1.54, 1.807) is 17.0 Å². The molecular formula is C21H31N5O3. The number of urea groups is 1. The van der Waals surface area contributed by atoms with E-state index in [2.05, 4.69) is 29.5 Å². The lowest BCUT2D eigenvalue weighted by molar-refractivity contribution is -0.384. The highest BCUT2D eigenvalue weighted by Gasteiger charge is 2.47. The molecular weight excluding hydrogens is 370 g/mol. The van der Waals surface area contributed by atoms with Gasteiger partial charge in [-0.15, -0.1) is 0 Å². The number of hydrogen-bond acceptors (Lipinski definition) is 5. The van der Waals surface area contributed by atoms with Crippen molar-refractivity contribution in [2.24, 2.45) is 0 Å². The lowest BCUT2D eigenvalue weighted by Gasteiger charge is -2.48. The van der Waals surface area contributed by atoms with Crippen LogP contribution in [0.5, 0.6) is 0 Å². The van der Waals surface area contributed by atoms with E-state index in [1.807, 2.05) is 13.8 Å². The Labute approximate surface area is 171 Å². The van der Waals surface area contributed by atoms with Gasteiger partial charge >= 0.3 is 6.03 Å². The molecule has 8 heteroatoms. The second kappa shape index (κ2) is 7.48. The van der Waals surface area contributed by atoms with Gasteiger partial charge in [-0.05, 0) is 51.8 Å². The zero-order chi connectivity index (χ0) is 20.9. The molecule has 2 aliphatic heterocycles. The number of nitro groups is 1. The minimum absolute atomic E-state index is 0.0277. The normalized spacial score (nSPS) is 30.1. The number of nitrogens with one attached hydrogen (secondary N) is 2. The number of non-ortho nitro benzene ring substituents is 1. The Bertz CT molecular complexity index is 825. The van der Waals surface area contributed by atoms with Crippen LogP contribution in [0.2, 0.25) is 0 Å². The highest BCUT2D eigenvalue weighted by molar-refractivity contribution is 5.74. The van der Waals surface area contributed by atoms with Crippen molar-refractivity contribution in [2.45, 2.75) is 63.6 Å². The molecule has 0 radical (unpaired) electrons. The second-order valence-corrected chi connectivity index (χ2v) is 8.70. The Morgan fingerprint density at radius 1 is 1.31 bits per heavy atom. The predicted octanol–water partition coefficient (Wildman–Crippen LogP) is 3.10. The van der Waals surface area contributed by atoms with Crippen LogP contribution < -0.4 is 10.6 Å². The average Bonchev–Trinajstić information content (AvgIpc) is 2.99. The number of carbonyl (C=O) groups is 1. The van der Waals surface area contributed by atoms with Crippen molar-refractivity contribution >= 4 is 17.4 Å². The predicted molar refractivity (Wildman–Crippen MR) is 113 cm³/mol. The molecule has 4 rings (SSSR count). The second-order valence-electron chi connectivity index (χ2n) is 8.70.